The number of methoxy groups -OCH3 is 1. The van der Waals surface area contributed by atoms with Crippen molar-refractivity contribution in [2.24, 2.45) is 0 Å². The van der Waals surface area contributed by atoms with Crippen LogP contribution in [0.5, 0.6) is 0 Å². The molecule has 0 aromatic heterocycles. The van der Waals surface area contributed by atoms with Crippen LogP contribution in [-0.4, -0.2) is 25.7 Å². The molecule has 1 aromatic rings. The van der Waals surface area contributed by atoms with Gasteiger partial charge in [0, 0.05) is 31.3 Å². The van der Waals surface area contributed by atoms with Crippen molar-refractivity contribution in [3.05, 3.63) is 35.4 Å². The molecule has 0 spiro atoms. The number of Topliss-reactive ketones (excluding diaryl/α,β-unsaturated/α-hetero) is 1. The van der Waals surface area contributed by atoms with Crippen LogP contribution in [0, 0.1) is 0 Å². The van der Waals surface area contributed by atoms with Crippen LogP contribution in [0.15, 0.2) is 24.3 Å². The second kappa shape index (κ2) is 6.98. The summed E-state index contributed by atoms with van der Waals surface area (Å²) in [6.07, 6.45) is -4.52. The number of unbranched alkanes of at least 4 members (excludes halogenated alkanes) is 1. The van der Waals surface area contributed by atoms with E-state index in [0.717, 1.165) is 6.07 Å². The molecule has 0 fully saturated rings. The molecular weight excluding hydrogens is 295 g/mol. The van der Waals surface area contributed by atoms with Crippen LogP contribution in [0.4, 0.5) is 22.0 Å². The molecule has 0 bridgehead atoms. The number of rotatable bonds is 7. The zero-order chi connectivity index (χ0) is 16.1. The first-order valence-electron chi connectivity index (χ1n) is 6.27. The third-order valence-electron chi connectivity index (χ3n) is 2.91. The number of ether oxygens (including phenoxy) is 1. The quantitative estimate of drug-likeness (QED) is 0.425. The fourth-order valence-electron chi connectivity index (χ4n) is 1.73. The molecule has 1 aromatic carbocycles. The van der Waals surface area contributed by atoms with Crippen LogP contribution in [0.1, 0.15) is 35.2 Å². The van der Waals surface area contributed by atoms with E-state index in [1.807, 2.05) is 0 Å². The molecule has 0 saturated carbocycles. The maximum Gasteiger partial charge on any atom is 0.458 e. The van der Waals surface area contributed by atoms with Crippen molar-refractivity contribution in [2.45, 2.75) is 31.4 Å². The van der Waals surface area contributed by atoms with Gasteiger partial charge < -0.3 is 4.74 Å². The standard InChI is InChI=1S/C14H15F5O2/c1-21-8-3-2-7-12(20)10-5-4-6-11(9-10)13(15,16)14(17,18)19/h4-6,9H,2-3,7-8H2,1H3. The molecule has 0 unspecified atom stereocenters. The molecule has 0 radical (unpaired) electrons. The van der Waals surface area contributed by atoms with Crippen LogP contribution in [0.3, 0.4) is 0 Å². The second-order valence-corrected chi connectivity index (χ2v) is 4.53. The number of alkyl halides is 5. The minimum absolute atomic E-state index is 0.0738. The van der Waals surface area contributed by atoms with E-state index in [4.69, 9.17) is 4.74 Å². The molecule has 0 heterocycles. The Balaban J connectivity index is 2.84. The third-order valence-corrected chi connectivity index (χ3v) is 2.91. The predicted molar refractivity (Wildman–Crippen MR) is 66.4 cm³/mol. The van der Waals surface area contributed by atoms with Gasteiger partial charge >= 0.3 is 12.1 Å². The number of hydrogen-bond donors (Lipinski definition) is 0. The van der Waals surface area contributed by atoms with Gasteiger partial charge in [0.2, 0.25) is 0 Å². The van der Waals surface area contributed by atoms with E-state index < -0.39 is 23.4 Å². The first-order valence-corrected chi connectivity index (χ1v) is 6.27. The van der Waals surface area contributed by atoms with Crippen molar-refractivity contribution in [1.82, 2.24) is 0 Å². The Bertz CT molecular complexity index is 482. The Labute approximate surface area is 118 Å². The Hall–Kier alpha value is -1.50. The third kappa shape index (κ3) is 4.49. The highest BCUT2D eigenvalue weighted by molar-refractivity contribution is 5.96. The molecular formula is C14H15F5O2. The van der Waals surface area contributed by atoms with Gasteiger partial charge in [0.05, 0.1) is 0 Å². The largest absolute Gasteiger partial charge is 0.458 e. The Morgan fingerprint density at radius 3 is 2.38 bits per heavy atom. The zero-order valence-electron chi connectivity index (χ0n) is 11.3. The van der Waals surface area contributed by atoms with Gasteiger partial charge in [-0.2, -0.15) is 22.0 Å². The zero-order valence-corrected chi connectivity index (χ0v) is 11.3. The summed E-state index contributed by atoms with van der Waals surface area (Å²) in [6, 6.07) is 3.52. The molecule has 7 heteroatoms. The summed E-state index contributed by atoms with van der Waals surface area (Å²) >= 11 is 0. The highest BCUT2D eigenvalue weighted by Gasteiger charge is 2.58. The van der Waals surface area contributed by atoms with Crippen molar-refractivity contribution < 1.29 is 31.5 Å². The summed E-state index contributed by atoms with van der Waals surface area (Å²) in [5.74, 6) is -5.44. The SMILES string of the molecule is COCCCCC(=O)c1cccc(C(F)(F)C(F)(F)F)c1. The summed E-state index contributed by atoms with van der Waals surface area (Å²) in [7, 11) is 1.50. The lowest BCUT2D eigenvalue weighted by Gasteiger charge is -2.20. The number of carbonyl (C=O) groups excluding carboxylic acids is 1. The number of benzene rings is 1. The molecule has 2 nitrogen and oxygen atoms in total. The van der Waals surface area contributed by atoms with Crippen molar-refractivity contribution in [1.29, 1.82) is 0 Å². The minimum Gasteiger partial charge on any atom is -0.385 e. The molecule has 0 amide bonds. The summed E-state index contributed by atoms with van der Waals surface area (Å²) in [6.45, 7) is 0.458. The predicted octanol–water partition coefficient (Wildman–Crippen LogP) is 4.34. The van der Waals surface area contributed by atoms with Gasteiger partial charge in [-0.3, -0.25) is 4.79 Å². The van der Waals surface area contributed by atoms with Crippen molar-refractivity contribution in [3.63, 3.8) is 0 Å². The van der Waals surface area contributed by atoms with Gasteiger partial charge in [-0.25, -0.2) is 0 Å². The molecule has 21 heavy (non-hydrogen) atoms. The number of carbonyl (C=O) groups is 1. The highest BCUT2D eigenvalue weighted by atomic mass is 19.4. The first kappa shape index (κ1) is 17.6. The van der Waals surface area contributed by atoms with E-state index in [1.165, 1.54) is 13.2 Å². The van der Waals surface area contributed by atoms with Gasteiger partial charge in [0.25, 0.3) is 0 Å². The van der Waals surface area contributed by atoms with Crippen molar-refractivity contribution in [3.8, 4) is 0 Å². The van der Waals surface area contributed by atoms with E-state index in [2.05, 4.69) is 0 Å². The fraction of sp³-hybridized carbons (Fsp3) is 0.500. The number of halogens is 5. The van der Waals surface area contributed by atoms with Crippen LogP contribution in [0.2, 0.25) is 0 Å². The van der Waals surface area contributed by atoms with Gasteiger partial charge in [-0.1, -0.05) is 18.2 Å². The molecule has 1 rings (SSSR count). The van der Waals surface area contributed by atoms with E-state index in [1.54, 1.807) is 0 Å². The maximum atomic E-state index is 13.2. The Morgan fingerprint density at radius 1 is 1.14 bits per heavy atom. The molecule has 0 N–H and O–H groups in total. The van der Waals surface area contributed by atoms with Crippen LogP contribution in [-0.2, 0) is 10.7 Å². The number of ketones is 1. The summed E-state index contributed by atoms with van der Waals surface area (Å²) in [4.78, 5) is 11.8. The summed E-state index contributed by atoms with van der Waals surface area (Å²) < 4.78 is 68.1. The molecule has 0 aliphatic rings. The van der Waals surface area contributed by atoms with Crippen LogP contribution < -0.4 is 0 Å². The summed E-state index contributed by atoms with van der Waals surface area (Å²) in [5.41, 5.74) is -1.37. The molecule has 0 saturated heterocycles. The van der Waals surface area contributed by atoms with Crippen LogP contribution in [0.25, 0.3) is 0 Å². The molecule has 0 aliphatic heterocycles. The Morgan fingerprint density at radius 2 is 1.81 bits per heavy atom. The topological polar surface area (TPSA) is 26.3 Å². The molecule has 0 aliphatic carbocycles. The minimum atomic E-state index is -5.69. The van der Waals surface area contributed by atoms with E-state index in [0.29, 0.717) is 31.6 Å². The van der Waals surface area contributed by atoms with Crippen LogP contribution >= 0.6 is 0 Å². The molecule has 118 valence electrons. The smallest absolute Gasteiger partial charge is 0.385 e. The highest BCUT2D eigenvalue weighted by Crippen LogP contribution is 2.43. The average molecular weight is 310 g/mol. The van der Waals surface area contributed by atoms with E-state index in [9.17, 15) is 26.7 Å². The fourth-order valence-corrected chi connectivity index (χ4v) is 1.73. The van der Waals surface area contributed by atoms with E-state index in [-0.39, 0.29) is 12.0 Å². The lowest BCUT2D eigenvalue weighted by molar-refractivity contribution is -0.289. The van der Waals surface area contributed by atoms with Gasteiger partial charge in [0.15, 0.2) is 5.78 Å². The molecule has 0 atom stereocenters. The van der Waals surface area contributed by atoms with Gasteiger partial charge in [-0.05, 0) is 18.9 Å². The van der Waals surface area contributed by atoms with Gasteiger partial charge in [0.1, 0.15) is 0 Å². The summed E-state index contributed by atoms with van der Waals surface area (Å²) in [5, 5.41) is 0. The monoisotopic (exact) mass is 310 g/mol. The van der Waals surface area contributed by atoms with E-state index >= 15 is 0 Å². The number of hydrogen-bond acceptors (Lipinski definition) is 2. The first-order chi connectivity index (χ1) is 9.70. The lowest BCUT2D eigenvalue weighted by Crippen LogP contribution is -2.33. The van der Waals surface area contributed by atoms with Crippen molar-refractivity contribution in [2.75, 3.05) is 13.7 Å². The Kier molecular flexibility index (Phi) is 5.83. The van der Waals surface area contributed by atoms with Gasteiger partial charge in [-0.15, -0.1) is 0 Å². The average Bonchev–Trinajstić information content (AvgIpc) is 2.42. The lowest BCUT2D eigenvalue weighted by atomic mass is 10.00. The second-order valence-electron chi connectivity index (χ2n) is 4.53. The normalized spacial score (nSPS) is 12.5. The van der Waals surface area contributed by atoms with Crippen molar-refractivity contribution >= 4 is 5.78 Å². The maximum absolute atomic E-state index is 13.2.